The zero-order chi connectivity index (χ0) is 22.3. The van der Waals surface area contributed by atoms with Crippen LogP contribution in [0.5, 0.6) is 5.88 Å². The lowest BCUT2D eigenvalue weighted by molar-refractivity contribution is -0.171. The number of pyridine rings is 1. The van der Waals surface area contributed by atoms with Gasteiger partial charge in [-0.2, -0.15) is 0 Å². The summed E-state index contributed by atoms with van der Waals surface area (Å²) in [5.41, 5.74) is 1.45. The van der Waals surface area contributed by atoms with E-state index >= 15 is 0 Å². The number of aromatic nitrogens is 1. The first-order valence-corrected chi connectivity index (χ1v) is 9.16. The Morgan fingerprint density at radius 3 is 2.10 bits per heavy atom. The summed E-state index contributed by atoms with van der Waals surface area (Å²) in [6, 6.07) is 13.9. The Morgan fingerprint density at radius 2 is 1.42 bits per heavy atom. The number of fused-ring (bicyclic) bond motifs is 5. The van der Waals surface area contributed by atoms with Crippen molar-refractivity contribution < 1.29 is 44.3 Å². The smallest absolute Gasteiger partial charge is 0.344 e. The molecule has 0 saturated heterocycles. The third-order valence-corrected chi connectivity index (χ3v) is 4.87. The predicted octanol–water partition coefficient (Wildman–Crippen LogP) is 0.568. The number of furan rings is 1. The Bertz CT molecular complexity index is 1300. The van der Waals surface area contributed by atoms with Crippen LogP contribution >= 0.6 is 0 Å². The number of rotatable bonds is 6. The molecule has 0 aliphatic rings. The molecule has 10 heteroatoms. The highest BCUT2D eigenvalue weighted by atomic mass is 16.6. The van der Waals surface area contributed by atoms with Gasteiger partial charge in [0, 0.05) is 16.2 Å². The molecule has 0 radical (unpaired) electrons. The Kier molecular flexibility index (Phi) is 5.29. The molecule has 5 N–H and O–H groups in total. The van der Waals surface area contributed by atoms with Gasteiger partial charge in [0.05, 0.1) is 0 Å². The van der Waals surface area contributed by atoms with Crippen LogP contribution in [0.25, 0.3) is 32.8 Å². The van der Waals surface area contributed by atoms with Crippen LogP contribution in [0.15, 0.2) is 52.9 Å². The zero-order valence-electron chi connectivity index (χ0n) is 15.7. The highest BCUT2D eigenvalue weighted by Gasteiger charge is 2.38. The molecular formula is C21H17NO9. The number of esters is 1. The first-order chi connectivity index (χ1) is 14.8. The number of aliphatic hydroxyl groups excluding tert-OH is 4. The van der Waals surface area contributed by atoms with Crippen LogP contribution in [-0.4, -0.2) is 66.9 Å². The lowest BCUT2D eigenvalue weighted by atomic mass is 10.0. The topological polar surface area (TPSA) is 171 Å². The van der Waals surface area contributed by atoms with Crippen LogP contribution in [0.4, 0.5) is 0 Å². The van der Waals surface area contributed by atoms with E-state index in [0.717, 1.165) is 0 Å². The number of para-hydroxylation sites is 1. The van der Waals surface area contributed by atoms with Gasteiger partial charge in [0.1, 0.15) is 23.3 Å². The SMILES string of the molecule is O=C(O)[C@@H](O)[C@@H](O)[C@H](O)[C@@H](O)C(=O)Oc1nc2c3ccccc3oc2c2ccccc12. The molecule has 160 valence electrons. The van der Waals surface area contributed by atoms with Crippen molar-refractivity contribution in [1.82, 2.24) is 4.98 Å². The lowest BCUT2D eigenvalue weighted by Gasteiger charge is -2.23. The van der Waals surface area contributed by atoms with Crippen molar-refractivity contribution in [3.05, 3.63) is 48.5 Å². The standard InChI is InChI=1S/C21H17NO9/c23-14(16(25)20(27)28)15(24)17(26)21(29)31-19-10-6-2-1-5-9(10)18-13(22-19)11-7-3-4-8-12(11)30-18/h1-8,14-17,23-26H,(H,27,28)/t14-,15-,16-,17+/m0/s1. The fraction of sp³-hybridized carbons (Fsp3) is 0.190. The zero-order valence-corrected chi connectivity index (χ0v) is 15.7. The van der Waals surface area contributed by atoms with Crippen molar-refractivity contribution in [1.29, 1.82) is 0 Å². The van der Waals surface area contributed by atoms with Gasteiger partial charge in [-0.25, -0.2) is 14.6 Å². The molecule has 0 fully saturated rings. The number of carboxylic acid groups (broad SMARTS) is 1. The quantitative estimate of drug-likeness (QED) is 0.274. The molecule has 2 aromatic heterocycles. The molecular weight excluding hydrogens is 410 g/mol. The highest BCUT2D eigenvalue weighted by Crippen LogP contribution is 2.36. The summed E-state index contributed by atoms with van der Waals surface area (Å²) < 4.78 is 11.1. The largest absolute Gasteiger partial charge is 0.479 e. The molecule has 0 aliphatic carbocycles. The number of hydrogen-bond acceptors (Lipinski definition) is 9. The fourth-order valence-corrected chi connectivity index (χ4v) is 3.25. The van der Waals surface area contributed by atoms with Gasteiger partial charge in [-0.15, -0.1) is 0 Å². The minimum Gasteiger partial charge on any atom is -0.479 e. The number of ether oxygens (including phenoxy) is 1. The van der Waals surface area contributed by atoms with E-state index < -0.39 is 36.4 Å². The summed E-state index contributed by atoms with van der Waals surface area (Å²) in [4.78, 5) is 27.5. The van der Waals surface area contributed by atoms with Crippen LogP contribution in [0.1, 0.15) is 0 Å². The van der Waals surface area contributed by atoms with Crippen molar-refractivity contribution in [2.75, 3.05) is 0 Å². The van der Waals surface area contributed by atoms with E-state index in [9.17, 15) is 30.0 Å². The lowest BCUT2D eigenvalue weighted by Crippen LogP contribution is -2.51. The molecule has 4 aromatic rings. The third kappa shape index (κ3) is 3.57. The summed E-state index contributed by atoms with van der Waals surface area (Å²) in [6.07, 6.45) is -9.40. The third-order valence-electron chi connectivity index (χ3n) is 4.87. The van der Waals surface area contributed by atoms with E-state index in [1.54, 1.807) is 48.5 Å². The summed E-state index contributed by atoms with van der Waals surface area (Å²) in [7, 11) is 0. The van der Waals surface area contributed by atoms with Crippen molar-refractivity contribution >= 4 is 44.8 Å². The second kappa shape index (κ2) is 7.93. The van der Waals surface area contributed by atoms with Crippen LogP contribution in [0.3, 0.4) is 0 Å². The number of carboxylic acids is 1. The molecule has 31 heavy (non-hydrogen) atoms. The number of hydrogen-bond donors (Lipinski definition) is 5. The van der Waals surface area contributed by atoms with Gasteiger partial charge in [0.15, 0.2) is 17.8 Å². The van der Waals surface area contributed by atoms with E-state index in [1.165, 1.54) is 0 Å². The second-order valence-electron chi connectivity index (χ2n) is 6.87. The molecule has 0 spiro atoms. The van der Waals surface area contributed by atoms with Gasteiger partial charge in [-0.3, -0.25) is 0 Å². The first-order valence-electron chi connectivity index (χ1n) is 9.16. The predicted molar refractivity (Wildman–Crippen MR) is 106 cm³/mol. The van der Waals surface area contributed by atoms with Gasteiger partial charge >= 0.3 is 11.9 Å². The Hall–Kier alpha value is -3.57. The van der Waals surface area contributed by atoms with Gasteiger partial charge in [0.25, 0.3) is 0 Å². The van der Waals surface area contributed by atoms with Crippen molar-refractivity contribution in [3.8, 4) is 5.88 Å². The van der Waals surface area contributed by atoms with Crippen molar-refractivity contribution in [2.45, 2.75) is 24.4 Å². The molecule has 0 amide bonds. The normalized spacial score (nSPS) is 15.6. The maximum absolute atomic E-state index is 12.4. The first kappa shape index (κ1) is 20.7. The van der Waals surface area contributed by atoms with Gasteiger partial charge < -0.3 is 34.7 Å². The molecule has 4 rings (SSSR count). The molecule has 0 aliphatic heterocycles. The van der Waals surface area contributed by atoms with Crippen LogP contribution in [0.2, 0.25) is 0 Å². The van der Waals surface area contributed by atoms with Gasteiger partial charge in [-0.05, 0) is 18.2 Å². The number of aliphatic carboxylic acids is 1. The number of carbonyl (C=O) groups is 2. The highest BCUT2D eigenvalue weighted by molar-refractivity contribution is 6.14. The van der Waals surface area contributed by atoms with E-state index in [-0.39, 0.29) is 5.88 Å². The molecule has 4 atom stereocenters. The Labute approximate surface area is 173 Å². The van der Waals surface area contributed by atoms with E-state index in [0.29, 0.717) is 32.8 Å². The van der Waals surface area contributed by atoms with Crippen LogP contribution < -0.4 is 4.74 Å². The monoisotopic (exact) mass is 427 g/mol. The van der Waals surface area contributed by atoms with Crippen LogP contribution in [-0.2, 0) is 9.59 Å². The number of aliphatic hydroxyl groups is 4. The Morgan fingerprint density at radius 1 is 0.839 bits per heavy atom. The molecule has 0 unspecified atom stereocenters. The minimum atomic E-state index is -2.41. The molecule has 0 saturated carbocycles. The fourth-order valence-electron chi connectivity index (χ4n) is 3.25. The van der Waals surface area contributed by atoms with Crippen LogP contribution in [0, 0.1) is 0 Å². The van der Waals surface area contributed by atoms with Gasteiger partial charge in [-0.1, -0.05) is 30.3 Å². The average molecular weight is 427 g/mol. The minimum absolute atomic E-state index is 0.181. The number of nitrogens with zero attached hydrogens (tertiary/aromatic N) is 1. The van der Waals surface area contributed by atoms with E-state index in [4.69, 9.17) is 14.3 Å². The Balaban J connectivity index is 1.73. The van der Waals surface area contributed by atoms with Gasteiger partial charge in [0.2, 0.25) is 5.88 Å². The molecule has 10 nitrogen and oxygen atoms in total. The van der Waals surface area contributed by atoms with E-state index in [1.807, 2.05) is 0 Å². The van der Waals surface area contributed by atoms with E-state index in [2.05, 4.69) is 4.98 Å². The number of carbonyl (C=O) groups excluding carboxylic acids is 1. The molecule has 0 bridgehead atoms. The molecule has 2 aromatic carbocycles. The summed E-state index contributed by atoms with van der Waals surface area (Å²) in [5, 5.41) is 49.3. The summed E-state index contributed by atoms with van der Waals surface area (Å²) >= 11 is 0. The second-order valence-corrected chi connectivity index (χ2v) is 6.87. The maximum Gasteiger partial charge on any atom is 0.344 e. The maximum atomic E-state index is 12.4. The summed E-state index contributed by atoms with van der Waals surface area (Å²) in [6.45, 7) is 0. The summed E-state index contributed by atoms with van der Waals surface area (Å²) in [5.74, 6) is -3.41. The van der Waals surface area contributed by atoms with Crippen molar-refractivity contribution in [3.63, 3.8) is 0 Å². The average Bonchev–Trinajstić information content (AvgIpc) is 3.15. The van der Waals surface area contributed by atoms with Crippen molar-refractivity contribution in [2.24, 2.45) is 0 Å². The number of benzene rings is 2. The molecule has 2 heterocycles.